The Balaban J connectivity index is 2.94. The number of aryl methyl sites for hydroxylation is 1. The number of hydrogen-bond donors (Lipinski definition) is 3. The van der Waals surface area contributed by atoms with Gasteiger partial charge in [0.25, 0.3) is 0 Å². The van der Waals surface area contributed by atoms with E-state index < -0.39 is 10.0 Å². The molecular formula is C12H19N3O3S. The highest BCUT2D eigenvalue weighted by atomic mass is 32.2. The number of carbonyl (C=O) groups excluding carboxylic acids is 1. The fraction of sp³-hybridized carbons (Fsp3) is 0.417. The maximum atomic E-state index is 11.8. The summed E-state index contributed by atoms with van der Waals surface area (Å²) in [6.07, 6.45) is 0.332. The molecule has 0 fully saturated rings. The molecule has 1 amide bonds. The van der Waals surface area contributed by atoms with Gasteiger partial charge >= 0.3 is 0 Å². The van der Waals surface area contributed by atoms with Crippen LogP contribution in [0.4, 0.5) is 5.69 Å². The molecule has 0 saturated carbocycles. The molecule has 0 aromatic heterocycles. The van der Waals surface area contributed by atoms with Crippen LogP contribution in [-0.4, -0.2) is 35.0 Å². The van der Waals surface area contributed by atoms with Crippen molar-refractivity contribution in [2.24, 2.45) is 0 Å². The molecule has 0 aliphatic rings. The Morgan fingerprint density at radius 2 is 1.95 bits per heavy atom. The third kappa shape index (κ3) is 4.30. The third-order valence-electron chi connectivity index (χ3n) is 2.63. The molecule has 0 unspecified atom stereocenters. The maximum Gasteiger partial charge on any atom is 0.240 e. The molecule has 0 heterocycles. The Kier molecular flexibility index (Phi) is 5.46. The zero-order valence-corrected chi connectivity index (χ0v) is 12.1. The van der Waals surface area contributed by atoms with Crippen molar-refractivity contribution in [3.05, 3.63) is 23.8 Å². The first kappa shape index (κ1) is 15.6. The Morgan fingerprint density at radius 3 is 2.53 bits per heavy atom. The minimum Gasteiger partial charge on any atom is -0.326 e. The van der Waals surface area contributed by atoms with E-state index in [2.05, 4.69) is 15.4 Å². The Hall–Kier alpha value is -1.44. The quantitative estimate of drug-likeness (QED) is 0.708. The van der Waals surface area contributed by atoms with E-state index in [-0.39, 0.29) is 10.8 Å². The normalized spacial score (nSPS) is 11.3. The Labute approximate surface area is 113 Å². The van der Waals surface area contributed by atoms with E-state index >= 15 is 0 Å². The maximum absolute atomic E-state index is 11.8. The van der Waals surface area contributed by atoms with Gasteiger partial charge in [0.2, 0.25) is 15.9 Å². The number of rotatable bonds is 6. The lowest BCUT2D eigenvalue weighted by atomic mass is 10.2. The van der Waals surface area contributed by atoms with Crippen molar-refractivity contribution in [3.8, 4) is 0 Å². The van der Waals surface area contributed by atoms with Crippen LogP contribution in [0.3, 0.4) is 0 Å². The van der Waals surface area contributed by atoms with E-state index in [0.29, 0.717) is 24.2 Å². The molecule has 0 atom stereocenters. The van der Waals surface area contributed by atoms with Crippen LogP contribution in [0.15, 0.2) is 23.1 Å². The van der Waals surface area contributed by atoms with Crippen molar-refractivity contribution < 1.29 is 13.2 Å². The van der Waals surface area contributed by atoms with Gasteiger partial charge in [0.1, 0.15) is 0 Å². The van der Waals surface area contributed by atoms with Crippen molar-refractivity contribution in [2.75, 3.05) is 26.0 Å². The first-order valence-corrected chi connectivity index (χ1v) is 7.37. The summed E-state index contributed by atoms with van der Waals surface area (Å²) in [6, 6.07) is 4.80. The van der Waals surface area contributed by atoms with E-state index in [9.17, 15) is 13.2 Å². The second-order valence-electron chi connectivity index (χ2n) is 4.09. The molecule has 7 heteroatoms. The average molecular weight is 285 g/mol. The largest absolute Gasteiger partial charge is 0.326 e. The summed E-state index contributed by atoms with van der Waals surface area (Å²) >= 11 is 0. The number of sulfonamides is 1. The van der Waals surface area contributed by atoms with Gasteiger partial charge in [-0.2, -0.15) is 0 Å². The van der Waals surface area contributed by atoms with Crippen LogP contribution >= 0.6 is 0 Å². The number of benzene rings is 1. The molecule has 1 aromatic carbocycles. The SMILES string of the molecule is CNCCC(=O)Nc1ccc(C)c(S(=O)(=O)NC)c1. The standard InChI is InChI=1S/C12H19N3O3S/c1-9-4-5-10(15-12(16)6-7-13-2)8-11(9)19(17,18)14-3/h4-5,8,13-14H,6-7H2,1-3H3,(H,15,16). The summed E-state index contributed by atoms with van der Waals surface area (Å²) in [6.45, 7) is 2.27. The molecule has 1 rings (SSSR count). The number of hydrogen-bond acceptors (Lipinski definition) is 4. The summed E-state index contributed by atoms with van der Waals surface area (Å²) < 4.78 is 25.9. The van der Waals surface area contributed by atoms with Gasteiger partial charge in [-0.3, -0.25) is 4.79 Å². The number of carbonyl (C=O) groups is 1. The van der Waals surface area contributed by atoms with E-state index in [1.807, 2.05) is 0 Å². The fourth-order valence-electron chi connectivity index (χ4n) is 1.54. The molecule has 0 bridgehead atoms. The summed E-state index contributed by atoms with van der Waals surface area (Å²) in [5.74, 6) is -0.161. The summed E-state index contributed by atoms with van der Waals surface area (Å²) in [4.78, 5) is 11.7. The smallest absolute Gasteiger partial charge is 0.240 e. The van der Waals surface area contributed by atoms with Gasteiger partial charge in [0.15, 0.2) is 0 Å². The molecule has 0 spiro atoms. The van der Waals surface area contributed by atoms with Crippen LogP contribution in [0.2, 0.25) is 0 Å². The first-order chi connectivity index (χ1) is 8.90. The van der Waals surface area contributed by atoms with Crippen LogP contribution in [-0.2, 0) is 14.8 Å². The molecular weight excluding hydrogens is 266 g/mol. The van der Waals surface area contributed by atoms with Gasteiger partial charge in [-0.25, -0.2) is 13.1 Å². The minimum atomic E-state index is -3.52. The Morgan fingerprint density at radius 1 is 1.26 bits per heavy atom. The first-order valence-electron chi connectivity index (χ1n) is 5.89. The monoisotopic (exact) mass is 285 g/mol. The molecule has 19 heavy (non-hydrogen) atoms. The highest BCUT2D eigenvalue weighted by Gasteiger charge is 2.15. The minimum absolute atomic E-state index is 0.161. The molecule has 6 nitrogen and oxygen atoms in total. The summed E-state index contributed by atoms with van der Waals surface area (Å²) in [5.41, 5.74) is 1.10. The van der Waals surface area contributed by atoms with Gasteiger partial charge in [0, 0.05) is 18.7 Å². The van der Waals surface area contributed by atoms with Crippen LogP contribution in [0.25, 0.3) is 0 Å². The van der Waals surface area contributed by atoms with Crippen LogP contribution in [0, 0.1) is 6.92 Å². The number of amides is 1. The molecule has 1 aromatic rings. The highest BCUT2D eigenvalue weighted by molar-refractivity contribution is 7.89. The topological polar surface area (TPSA) is 87.3 Å². The lowest BCUT2D eigenvalue weighted by Crippen LogP contribution is -2.21. The van der Waals surface area contributed by atoms with Crippen molar-refractivity contribution >= 4 is 21.6 Å². The van der Waals surface area contributed by atoms with Crippen molar-refractivity contribution in [3.63, 3.8) is 0 Å². The van der Waals surface area contributed by atoms with Crippen LogP contribution in [0.1, 0.15) is 12.0 Å². The lowest BCUT2D eigenvalue weighted by molar-refractivity contribution is -0.116. The van der Waals surface area contributed by atoms with Crippen molar-refractivity contribution in [1.29, 1.82) is 0 Å². The van der Waals surface area contributed by atoms with E-state index in [1.165, 1.54) is 13.1 Å². The molecule has 3 N–H and O–H groups in total. The predicted molar refractivity (Wildman–Crippen MR) is 74.6 cm³/mol. The van der Waals surface area contributed by atoms with Crippen LogP contribution < -0.4 is 15.4 Å². The molecule has 0 aliphatic heterocycles. The predicted octanol–water partition coefficient (Wildman–Crippen LogP) is 0.451. The third-order valence-corrected chi connectivity index (χ3v) is 4.19. The highest BCUT2D eigenvalue weighted by Crippen LogP contribution is 2.19. The van der Waals surface area contributed by atoms with Gasteiger partial charge in [-0.15, -0.1) is 0 Å². The zero-order valence-electron chi connectivity index (χ0n) is 11.3. The van der Waals surface area contributed by atoms with Gasteiger partial charge < -0.3 is 10.6 Å². The van der Waals surface area contributed by atoms with Crippen molar-refractivity contribution in [2.45, 2.75) is 18.2 Å². The summed E-state index contributed by atoms with van der Waals surface area (Å²) in [5, 5.41) is 5.54. The van der Waals surface area contributed by atoms with Gasteiger partial charge in [-0.1, -0.05) is 6.07 Å². The van der Waals surface area contributed by atoms with E-state index in [1.54, 1.807) is 26.1 Å². The average Bonchev–Trinajstić information content (AvgIpc) is 2.38. The molecule has 0 saturated heterocycles. The second-order valence-corrected chi connectivity index (χ2v) is 5.94. The fourth-order valence-corrected chi connectivity index (χ4v) is 2.53. The summed E-state index contributed by atoms with van der Waals surface area (Å²) in [7, 11) is -0.403. The molecule has 106 valence electrons. The van der Waals surface area contributed by atoms with E-state index in [0.717, 1.165) is 0 Å². The van der Waals surface area contributed by atoms with Gasteiger partial charge in [0.05, 0.1) is 4.90 Å². The zero-order chi connectivity index (χ0) is 14.5. The van der Waals surface area contributed by atoms with Crippen LogP contribution in [0.5, 0.6) is 0 Å². The van der Waals surface area contributed by atoms with Crippen molar-refractivity contribution in [1.82, 2.24) is 10.0 Å². The second kappa shape index (κ2) is 6.65. The molecule has 0 radical (unpaired) electrons. The number of anilines is 1. The van der Waals surface area contributed by atoms with E-state index in [4.69, 9.17) is 0 Å². The Bertz CT molecular complexity index is 555. The lowest BCUT2D eigenvalue weighted by Gasteiger charge is -2.10. The van der Waals surface area contributed by atoms with Gasteiger partial charge in [-0.05, 0) is 38.7 Å². The number of nitrogens with one attached hydrogen (secondary N) is 3. The molecule has 0 aliphatic carbocycles.